The van der Waals surface area contributed by atoms with E-state index >= 15 is 0 Å². The third-order valence-corrected chi connectivity index (χ3v) is 1.76. The molecule has 0 radical (unpaired) electrons. The Kier molecular flexibility index (Phi) is 3.51. The number of hydrogen-bond donors (Lipinski definition) is 0. The molecule has 0 bridgehead atoms. The molecule has 0 saturated heterocycles. The fourth-order valence-electron chi connectivity index (χ4n) is 1.07. The topological polar surface area (TPSA) is 34.9 Å². The molecule has 0 spiro atoms. The first-order chi connectivity index (χ1) is 5.84. The maximum atomic E-state index is 11.1. The van der Waals surface area contributed by atoms with E-state index in [9.17, 15) is 4.79 Å². The Hall–Kier alpha value is -1.12. The minimum Gasteiger partial charge on any atom is -0.268 e. The Balaban J connectivity index is 2.52. The zero-order chi connectivity index (χ0) is 8.81. The standard InChI is InChI=1S/C9H14N2O/c1-2-3-4-8-11-9(12)6-5-7-10-11/h5-7H,2-4,8H2,1H3. The lowest BCUT2D eigenvalue weighted by Crippen LogP contribution is -2.20. The fourth-order valence-corrected chi connectivity index (χ4v) is 1.07. The maximum absolute atomic E-state index is 11.1. The molecule has 0 atom stereocenters. The van der Waals surface area contributed by atoms with Crippen LogP contribution in [0.15, 0.2) is 23.1 Å². The molecule has 0 fully saturated rings. The van der Waals surface area contributed by atoms with E-state index in [1.54, 1.807) is 18.3 Å². The van der Waals surface area contributed by atoms with Gasteiger partial charge in [0.25, 0.3) is 5.56 Å². The predicted octanol–water partition coefficient (Wildman–Crippen LogP) is 1.43. The van der Waals surface area contributed by atoms with E-state index in [0.29, 0.717) is 0 Å². The fraction of sp³-hybridized carbons (Fsp3) is 0.556. The Bertz CT molecular complexity index is 280. The van der Waals surface area contributed by atoms with E-state index in [4.69, 9.17) is 0 Å². The number of aromatic nitrogens is 2. The molecule has 3 heteroatoms. The van der Waals surface area contributed by atoms with Crippen molar-refractivity contribution in [3.8, 4) is 0 Å². The zero-order valence-electron chi connectivity index (χ0n) is 7.36. The third-order valence-electron chi connectivity index (χ3n) is 1.76. The third kappa shape index (κ3) is 2.49. The van der Waals surface area contributed by atoms with Crippen LogP contribution >= 0.6 is 0 Å². The van der Waals surface area contributed by atoms with E-state index in [-0.39, 0.29) is 5.56 Å². The van der Waals surface area contributed by atoms with Gasteiger partial charge < -0.3 is 0 Å². The summed E-state index contributed by atoms with van der Waals surface area (Å²) in [5.41, 5.74) is -0.00592. The SMILES string of the molecule is CCCCCn1ncccc1=O. The van der Waals surface area contributed by atoms with E-state index in [1.165, 1.54) is 11.1 Å². The van der Waals surface area contributed by atoms with Gasteiger partial charge in [-0.05, 0) is 12.5 Å². The molecule has 66 valence electrons. The van der Waals surface area contributed by atoms with Crippen LogP contribution in [-0.4, -0.2) is 9.78 Å². The molecular weight excluding hydrogens is 152 g/mol. The summed E-state index contributed by atoms with van der Waals surface area (Å²) in [6.07, 6.45) is 5.01. The molecular formula is C9H14N2O. The maximum Gasteiger partial charge on any atom is 0.266 e. The molecule has 0 unspecified atom stereocenters. The van der Waals surface area contributed by atoms with Crippen molar-refractivity contribution in [3.63, 3.8) is 0 Å². The smallest absolute Gasteiger partial charge is 0.266 e. The summed E-state index contributed by atoms with van der Waals surface area (Å²) in [5.74, 6) is 0. The number of aryl methyl sites for hydroxylation is 1. The summed E-state index contributed by atoms with van der Waals surface area (Å²) in [7, 11) is 0. The van der Waals surface area contributed by atoms with E-state index in [2.05, 4.69) is 12.0 Å². The van der Waals surface area contributed by atoms with Crippen molar-refractivity contribution in [2.24, 2.45) is 0 Å². The molecule has 1 heterocycles. The van der Waals surface area contributed by atoms with Crippen LogP contribution in [0.4, 0.5) is 0 Å². The average Bonchev–Trinajstić information content (AvgIpc) is 2.09. The van der Waals surface area contributed by atoms with Gasteiger partial charge in [-0.15, -0.1) is 0 Å². The van der Waals surface area contributed by atoms with Gasteiger partial charge >= 0.3 is 0 Å². The Labute approximate surface area is 72.0 Å². The van der Waals surface area contributed by atoms with Gasteiger partial charge in [-0.3, -0.25) is 4.79 Å². The van der Waals surface area contributed by atoms with Crippen LogP contribution in [-0.2, 0) is 6.54 Å². The average molecular weight is 166 g/mol. The highest BCUT2D eigenvalue weighted by Gasteiger charge is 1.93. The molecule has 0 aliphatic carbocycles. The summed E-state index contributed by atoms with van der Waals surface area (Å²) in [6.45, 7) is 2.88. The van der Waals surface area contributed by atoms with Gasteiger partial charge in [-0.25, -0.2) is 4.68 Å². The van der Waals surface area contributed by atoms with Crippen LogP contribution in [0.25, 0.3) is 0 Å². The lowest BCUT2D eigenvalue weighted by molar-refractivity contribution is 0.528. The molecule has 0 saturated carbocycles. The molecule has 0 aromatic carbocycles. The van der Waals surface area contributed by atoms with Crippen molar-refractivity contribution < 1.29 is 0 Å². The summed E-state index contributed by atoms with van der Waals surface area (Å²) >= 11 is 0. The van der Waals surface area contributed by atoms with Crippen LogP contribution in [0, 0.1) is 0 Å². The minimum atomic E-state index is -0.00592. The van der Waals surface area contributed by atoms with Gasteiger partial charge in [0.15, 0.2) is 0 Å². The summed E-state index contributed by atoms with van der Waals surface area (Å²) < 4.78 is 1.51. The van der Waals surface area contributed by atoms with Gasteiger partial charge in [-0.2, -0.15) is 5.10 Å². The molecule has 0 amide bonds. The zero-order valence-corrected chi connectivity index (χ0v) is 7.36. The first-order valence-corrected chi connectivity index (χ1v) is 4.36. The van der Waals surface area contributed by atoms with Crippen LogP contribution in [0.3, 0.4) is 0 Å². The van der Waals surface area contributed by atoms with Gasteiger partial charge in [0.05, 0.1) is 0 Å². The Morgan fingerprint density at radius 3 is 3.00 bits per heavy atom. The molecule has 1 rings (SSSR count). The van der Waals surface area contributed by atoms with E-state index in [1.807, 2.05) is 0 Å². The summed E-state index contributed by atoms with van der Waals surface area (Å²) in [4.78, 5) is 11.1. The largest absolute Gasteiger partial charge is 0.268 e. The van der Waals surface area contributed by atoms with Crippen molar-refractivity contribution >= 4 is 0 Å². The summed E-state index contributed by atoms with van der Waals surface area (Å²) in [5, 5.41) is 3.95. The highest BCUT2D eigenvalue weighted by atomic mass is 16.1. The lowest BCUT2D eigenvalue weighted by atomic mass is 10.2. The molecule has 12 heavy (non-hydrogen) atoms. The van der Waals surface area contributed by atoms with Gasteiger partial charge in [0.2, 0.25) is 0 Å². The molecule has 0 aliphatic heterocycles. The molecule has 1 aromatic heterocycles. The highest BCUT2D eigenvalue weighted by Crippen LogP contribution is 1.94. The number of hydrogen-bond acceptors (Lipinski definition) is 2. The van der Waals surface area contributed by atoms with Crippen molar-refractivity contribution in [3.05, 3.63) is 28.7 Å². The Morgan fingerprint density at radius 2 is 2.33 bits per heavy atom. The second-order valence-electron chi connectivity index (χ2n) is 2.79. The van der Waals surface area contributed by atoms with Gasteiger partial charge in [0.1, 0.15) is 0 Å². The molecule has 0 N–H and O–H groups in total. The van der Waals surface area contributed by atoms with Crippen LogP contribution in [0.5, 0.6) is 0 Å². The van der Waals surface area contributed by atoms with Crippen molar-refractivity contribution in [1.29, 1.82) is 0 Å². The second kappa shape index (κ2) is 4.70. The van der Waals surface area contributed by atoms with E-state index < -0.39 is 0 Å². The molecule has 0 aliphatic rings. The summed E-state index contributed by atoms with van der Waals surface area (Å²) in [6, 6.07) is 3.21. The number of nitrogens with zero attached hydrogens (tertiary/aromatic N) is 2. The number of unbranched alkanes of at least 4 members (excludes halogenated alkanes) is 2. The second-order valence-corrected chi connectivity index (χ2v) is 2.79. The van der Waals surface area contributed by atoms with Crippen LogP contribution in [0.1, 0.15) is 26.2 Å². The lowest BCUT2D eigenvalue weighted by Gasteiger charge is -2.01. The normalized spacial score (nSPS) is 10.1. The first kappa shape index (κ1) is 8.97. The Morgan fingerprint density at radius 1 is 1.50 bits per heavy atom. The van der Waals surface area contributed by atoms with Crippen molar-refractivity contribution in [2.75, 3.05) is 0 Å². The van der Waals surface area contributed by atoms with Crippen molar-refractivity contribution in [1.82, 2.24) is 9.78 Å². The van der Waals surface area contributed by atoms with Crippen LogP contribution < -0.4 is 5.56 Å². The quantitative estimate of drug-likeness (QED) is 0.634. The van der Waals surface area contributed by atoms with E-state index in [0.717, 1.165) is 19.4 Å². The monoisotopic (exact) mass is 166 g/mol. The van der Waals surface area contributed by atoms with Gasteiger partial charge in [-0.1, -0.05) is 19.8 Å². The van der Waals surface area contributed by atoms with Crippen LogP contribution in [0.2, 0.25) is 0 Å². The van der Waals surface area contributed by atoms with Crippen molar-refractivity contribution in [2.45, 2.75) is 32.7 Å². The van der Waals surface area contributed by atoms with Gasteiger partial charge in [0, 0.05) is 18.8 Å². The molecule has 1 aromatic rings. The molecule has 3 nitrogen and oxygen atoms in total. The predicted molar refractivity (Wildman–Crippen MR) is 48.0 cm³/mol. The number of rotatable bonds is 4. The minimum absolute atomic E-state index is 0.00592. The highest BCUT2D eigenvalue weighted by molar-refractivity contribution is 4.84. The first-order valence-electron chi connectivity index (χ1n) is 4.36.